The largest absolute Gasteiger partial charge is 0.311 e. The first-order valence-electron chi connectivity index (χ1n) is 5.04. The molecular formula is C11H16BrClN2. The summed E-state index contributed by atoms with van der Waals surface area (Å²) in [6.45, 7) is 5.88. The highest BCUT2D eigenvalue weighted by Crippen LogP contribution is 2.10. The van der Waals surface area contributed by atoms with Gasteiger partial charge in [0.25, 0.3) is 0 Å². The van der Waals surface area contributed by atoms with Crippen molar-refractivity contribution in [3.8, 4) is 0 Å². The molecule has 0 spiro atoms. The molecule has 0 aliphatic rings. The second-order valence-corrected chi connectivity index (χ2v) is 5.38. The highest BCUT2D eigenvalue weighted by atomic mass is 79.9. The first-order valence-corrected chi connectivity index (χ1v) is 6.26. The Morgan fingerprint density at radius 2 is 2.20 bits per heavy atom. The summed E-state index contributed by atoms with van der Waals surface area (Å²) in [5, 5.41) is 3.50. The monoisotopic (exact) mass is 290 g/mol. The first-order chi connectivity index (χ1) is 7.09. The standard InChI is InChI=1S/C11H16BrClN2/c1-8(2)11(13)7-15-5-9-3-10(12)6-14-4-9/h3-4,6,8,11,15H,5,7H2,1-2H3. The third-order valence-corrected chi connectivity index (χ3v) is 3.25. The summed E-state index contributed by atoms with van der Waals surface area (Å²) in [6.07, 6.45) is 3.64. The van der Waals surface area contributed by atoms with Crippen molar-refractivity contribution >= 4 is 27.5 Å². The van der Waals surface area contributed by atoms with Crippen molar-refractivity contribution in [2.45, 2.75) is 25.8 Å². The zero-order valence-corrected chi connectivity index (χ0v) is 11.3. The fraction of sp³-hybridized carbons (Fsp3) is 0.545. The van der Waals surface area contributed by atoms with Gasteiger partial charge >= 0.3 is 0 Å². The molecule has 1 rings (SSSR count). The van der Waals surface area contributed by atoms with E-state index in [1.165, 1.54) is 0 Å². The Morgan fingerprint density at radius 1 is 1.47 bits per heavy atom. The van der Waals surface area contributed by atoms with Crippen LogP contribution in [-0.4, -0.2) is 16.9 Å². The molecular weight excluding hydrogens is 275 g/mol. The van der Waals surface area contributed by atoms with Crippen LogP contribution in [0.4, 0.5) is 0 Å². The molecule has 1 heterocycles. The van der Waals surface area contributed by atoms with Gasteiger partial charge in [0.15, 0.2) is 0 Å². The van der Waals surface area contributed by atoms with E-state index in [2.05, 4.69) is 46.1 Å². The number of nitrogens with zero attached hydrogens (tertiary/aromatic N) is 1. The molecule has 0 saturated carbocycles. The number of halogens is 2. The lowest BCUT2D eigenvalue weighted by atomic mass is 10.1. The third-order valence-electron chi connectivity index (χ3n) is 2.15. The Morgan fingerprint density at radius 3 is 2.80 bits per heavy atom. The van der Waals surface area contributed by atoms with Crippen LogP contribution in [0.2, 0.25) is 0 Å². The summed E-state index contributed by atoms with van der Waals surface area (Å²) < 4.78 is 1.01. The van der Waals surface area contributed by atoms with Gasteiger partial charge in [0.05, 0.1) is 0 Å². The lowest BCUT2D eigenvalue weighted by Crippen LogP contribution is -2.26. The molecule has 0 aliphatic heterocycles. The molecule has 0 aromatic carbocycles. The van der Waals surface area contributed by atoms with Crippen LogP contribution in [0.3, 0.4) is 0 Å². The van der Waals surface area contributed by atoms with E-state index in [0.29, 0.717) is 5.92 Å². The minimum absolute atomic E-state index is 0.185. The van der Waals surface area contributed by atoms with Crippen molar-refractivity contribution in [2.24, 2.45) is 5.92 Å². The molecule has 1 atom stereocenters. The van der Waals surface area contributed by atoms with Gasteiger partial charge in [0.2, 0.25) is 0 Å². The molecule has 0 fully saturated rings. The Bertz CT molecular complexity index is 304. The average molecular weight is 292 g/mol. The molecule has 0 radical (unpaired) electrons. The minimum Gasteiger partial charge on any atom is -0.311 e. The second kappa shape index (κ2) is 6.46. The molecule has 0 saturated heterocycles. The van der Waals surface area contributed by atoms with E-state index >= 15 is 0 Å². The third kappa shape index (κ3) is 4.96. The van der Waals surface area contributed by atoms with E-state index in [4.69, 9.17) is 11.6 Å². The molecule has 1 aromatic rings. The summed E-state index contributed by atoms with van der Waals surface area (Å²) in [7, 11) is 0. The molecule has 84 valence electrons. The summed E-state index contributed by atoms with van der Waals surface area (Å²) in [6, 6.07) is 2.05. The maximum Gasteiger partial charge on any atom is 0.0483 e. The minimum atomic E-state index is 0.185. The zero-order chi connectivity index (χ0) is 11.3. The summed E-state index contributed by atoms with van der Waals surface area (Å²) in [4.78, 5) is 4.10. The van der Waals surface area contributed by atoms with Gasteiger partial charge in [-0.15, -0.1) is 11.6 Å². The molecule has 1 aromatic heterocycles. The summed E-state index contributed by atoms with van der Waals surface area (Å²) in [5.74, 6) is 0.500. The highest BCUT2D eigenvalue weighted by Gasteiger charge is 2.08. The van der Waals surface area contributed by atoms with E-state index < -0.39 is 0 Å². The van der Waals surface area contributed by atoms with Crippen molar-refractivity contribution in [1.82, 2.24) is 10.3 Å². The molecule has 1 N–H and O–H groups in total. The molecule has 1 unspecified atom stereocenters. The van der Waals surface area contributed by atoms with E-state index in [9.17, 15) is 0 Å². The van der Waals surface area contributed by atoms with Crippen LogP contribution in [-0.2, 0) is 6.54 Å². The van der Waals surface area contributed by atoms with Crippen LogP contribution in [0.1, 0.15) is 19.4 Å². The van der Waals surface area contributed by atoms with Crippen molar-refractivity contribution in [3.05, 3.63) is 28.5 Å². The number of nitrogens with one attached hydrogen (secondary N) is 1. The van der Waals surface area contributed by atoms with Crippen LogP contribution in [0.5, 0.6) is 0 Å². The van der Waals surface area contributed by atoms with Gasteiger partial charge in [-0.25, -0.2) is 0 Å². The van der Waals surface area contributed by atoms with Gasteiger partial charge in [0.1, 0.15) is 0 Å². The van der Waals surface area contributed by atoms with Gasteiger partial charge in [0, 0.05) is 35.3 Å². The van der Waals surface area contributed by atoms with Crippen molar-refractivity contribution in [2.75, 3.05) is 6.54 Å². The number of rotatable bonds is 5. The number of hydrogen-bond donors (Lipinski definition) is 1. The van der Waals surface area contributed by atoms with E-state index in [1.54, 1.807) is 6.20 Å². The average Bonchev–Trinajstić information content (AvgIpc) is 2.17. The van der Waals surface area contributed by atoms with E-state index in [-0.39, 0.29) is 5.38 Å². The Balaban J connectivity index is 2.32. The molecule has 4 heteroatoms. The lowest BCUT2D eigenvalue weighted by Gasteiger charge is -2.13. The highest BCUT2D eigenvalue weighted by molar-refractivity contribution is 9.10. The number of aromatic nitrogens is 1. The van der Waals surface area contributed by atoms with Gasteiger partial charge in [-0.05, 0) is 33.5 Å². The lowest BCUT2D eigenvalue weighted by molar-refractivity contribution is 0.545. The molecule has 2 nitrogen and oxygen atoms in total. The Labute approximate surface area is 105 Å². The molecule has 0 bridgehead atoms. The number of pyridine rings is 1. The van der Waals surface area contributed by atoms with Crippen LogP contribution in [0.25, 0.3) is 0 Å². The van der Waals surface area contributed by atoms with Crippen LogP contribution < -0.4 is 5.32 Å². The Hall–Kier alpha value is -0.120. The zero-order valence-electron chi connectivity index (χ0n) is 9.00. The van der Waals surface area contributed by atoms with Crippen LogP contribution in [0.15, 0.2) is 22.9 Å². The fourth-order valence-corrected chi connectivity index (χ4v) is 1.66. The fourth-order valence-electron chi connectivity index (χ4n) is 1.14. The van der Waals surface area contributed by atoms with Gasteiger partial charge in [-0.1, -0.05) is 13.8 Å². The smallest absolute Gasteiger partial charge is 0.0483 e. The predicted molar refractivity (Wildman–Crippen MR) is 68.1 cm³/mol. The van der Waals surface area contributed by atoms with Crippen molar-refractivity contribution in [3.63, 3.8) is 0 Å². The molecule has 0 aliphatic carbocycles. The van der Waals surface area contributed by atoms with Crippen molar-refractivity contribution in [1.29, 1.82) is 0 Å². The summed E-state index contributed by atoms with van der Waals surface area (Å²) in [5.41, 5.74) is 1.16. The molecule has 0 amide bonds. The Kier molecular flexibility index (Phi) is 5.58. The van der Waals surface area contributed by atoms with Gasteiger partial charge < -0.3 is 5.32 Å². The first kappa shape index (κ1) is 12.9. The SMILES string of the molecule is CC(C)C(Cl)CNCc1cncc(Br)c1. The van der Waals surface area contributed by atoms with E-state index in [0.717, 1.165) is 23.1 Å². The maximum absolute atomic E-state index is 6.13. The van der Waals surface area contributed by atoms with Gasteiger partial charge in [-0.2, -0.15) is 0 Å². The van der Waals surface area contributed by atoms with Crippen LogP contribution in [0, 0.1) is 5.92 Å². The second-order valence-electron chi connectivity index (χ2n) is 3.90. The maximum atomic E-state index is 6.13. The quantitative estimate of drug-likeness (QED) is 0.843. The summed E-state index contributed by atoms with van der Waals surface area (Å²) >= 11 is 9.52. The topological polar surface area (TPSA) is 24.9 Å². The van der Waals surface area contributed by atoms with Crippen LogP contribution >= 0.6 is 27.5 Å². The molecule has 15 heavy (non-hydrogen) atoms. The number of alkyl halides is 1. The van der Waals surface area contributed by atoms with Gasteiger partial charge in [-0.3, -0.25) is 4.98 Å². The normalized spacial score (nSPS) is 13.1. The number of hydrogen-bond acceptors (Lipinski definition) is 2. The van der Waals surface area contributed by atoms with Crippen molar-refractivity contribution < 1.29 is 0 Å². The van der Waals surface area contributed by atoms with E-state index in [1.807, 2.05) is 6.20 Å². The predicted octanol–water partition coefficient (Wildman–Crippen LogP) is 3.20.